The van der Waals surface area contributed by atoms with Crippen molar-refractivity contribution < 1.29 is 70.3 Å². The highest BCUT2D eigenvalue weighted by molar-refractivity contribution is 14.1. The summed E-state index contributed by atoms with van der Waals surface area (Å²) in [6.07, 6.45) is 7.83. The van der Waals surface area contributed by atoms with E-state index in [-0.39, 0.29) is 68.2 Å². The van der Waals surface area contributed by atoms with Gasteiger partial charge in [0.25, 0.3) is 5.91 Å². The first-order valence-electron chi connectivity index (χ1n) is 38.2. The molecule has 0 saturated carbocycles. The average molecular weight is 1740 g/mol. The third-order valence-corrected chi connectivity index (χ3v) is 18.5. The number of hydrogen-bond donors (Lipinski definition) is 8. The molecule has 4 amide bonds. The van der Waals surface area contributed by atoms with Crippen LogP contribution in [-0.2, 0) is 85.8 Å². The molecule has 0 atom stereocenters. The van der Waals surface area contributed by atoms with E-state index in [1.165, 1.54) is 12.3 Å². The minimum Gasteiger partial charge on any atom is -0.392 e. The quantitative estimate of drug-likeness (QED) is 0.0103. The lowest BCUT2D eigenvalue weighted by molar-refractivity contribution is -0.116. The highest BCUT2D eigenvalue weighted by atomic mass is 127. The molecule has 12 rings (SSSR count). The fourth-order valence-corrected chi connectivity index (χ4v) is 12.2. The molecule has 0 radical (unpaired) electrons. The van der Waals surface area contributed by atoms with Crippen LogP contribution in [0.5, 0.6) is 0 Å². The minimum atomic E-state index is -2.29. The van der Waals surface area contributed by atoms with E-state index in [9.17, 15) is 70.3 Å². The Morgan fingerprint density at radius 3 is 0.933 bits per heavy atom. The first-order valence-corrected chi connectivity index (χ1v) is 39.2. The molecule has 0 aliphatic carbocycles. The number of carbonyl (C=O) groups is 4. The molecule has 0 unspecified atom stereocenters. The SMILES string of the molecule is CC(C)Cc1nc(-c2ccc(CO)cc2)cnc1NC(=O)Cc1c(F)c(F)c(F)c(F)c1F.CC(C)Cc1nc(-c2ccc(CO)cc2)cnc1NC(=O)Cc1ccc(F)c(F)c1.CC(C)Cc1nc(-c2ccc(CO)cc2)cnc1NC(=O)Cc1ccc(I)cc1.CC(C)Cc1nc(-c2ccc(CO)cc2)cnc1NC(=O)c1ccccc1. The maximum Gasteiger partial charge on any atom is 0.256 e. The van der Waals surface area contributed by atoms with Crippen LogP contribution in [0.15, 0.2) is 195 Å². The largest absolute Gasteiger partial charge is 0.392 e. The van der Waals surface area contributed by atoms with Gasteiger partial charge in [-0.1, -0.05) is 189 Å². The molecule has 0 fully saturated rings. The van der Waals surface area contributed by atoms with Gasteiger partial charge in [-0.25, -0.2) is 70.6 Å². The fraction of sp³-hybridized carbons (Fsp3) is 0.253. The molecule has 0 aliphatic rings. The zero-order valence-corrected chi connectivity index (χ0v) is 68.7. The Morgan fingerprint density at radius 2 is 0.622 bits per heavy atom. The van der Waals surface area contributed by atoms with E-state index >= 15 is 0 Å². The number of rotatable bonds is 27. The number of hydrogen-bond acceptors (Lipinski definition) is 16. The average Bonchev–Trinajstić information content (AvgIpc) is 0.794. The van der Waals surface area contributed by atoms with Crippen molar-refractivity contribution in [2.45, 2.75) is 127 Å². The Morgan fingerprint density at radius 1 is 0.336 bits per heavy atom. The van der Waals surface area contributed by atoms with Crippen LogP contribution in [0.2, 0.25) is 0 Å². The lowest BCUT2D eigenvalue weighted by atomic mass is 10.1. The van der Waals surface area contributed by atoms with Gasteiger partial charge in [0.2, 0.25) is 23.5 Å². The molecule has 0 saturated heterocycles. The Hall–Kier alpha value is -12.0. The molecular weight excluding hydrogens is 1650 g/mol. The smallest absolute Gasteiger partial charge is 0.256 e. The van der Waals surface area contributed by atoms with Gasteiger partial charge in [0.15, 0.2) is 58.2 Å². The van der Waals surface area contributed by atoms with Gasteiger partial charge in [0.1, 0.15) is 0 Å². The summed E-state index contributed by atoms with van der Waals surface area (Å²) in [5.74, 6) is -11.8. The minimum absolute atomic E-state index is 0.00894. The molecule has 20 nitrogen and oxygen atoms in total. The van der Waals surface area contributed by atoms with Crippen molar-refractivity contribution in [3.8, 4) is 45.0 Å². The second-order valence-corrected chi connectivity index (χ2v) is 30.7. The number of aromatic nitrogens is 8. The third kappa shape index (κ3) is 26.8. The summed E-state index contributed by atoms with van der Waals surface area (Å²) >= 11 is 2.24. The fourth-order valence-electron chi connectivity index (χ4n) is 11.8. The van der Waals surface area contributed by atoms with Crippen LogP contribution in [0.3, 0.4) is 0 Å². The lowest BCUT2D eigenvalue weighted by Gasteiger charge is -2.14. The summed E-state index contributed by atoms with van der Waals surface area (Å²) in [4.78, 5) is 86.1. The van der Waals surface area contributed by atoms with E-state index in [1.807, 2.05) is 143 Å². The standard InChI is InChI=1S/C23H20F5N3O2.C23H23F2N3O2.C23H24IN3O2.C22H23N3O2/c1-11(2)7-15-23(29-9-16(30-15)13-5-3-12(10-32)4-6-13)31-17(33)8-14-18(24)20(26)22(28)21(27)19(14)25;1-14(2)9-20-23(28-22(30)11-16-5-8-18(24)19(25)10-16)26-12-21(27-20)17-6-3-15(13-29)4-7-17;1-15(2)11-20-23(27-22(29)12-16-5-9-19(24)10-6-16)25-13-21(26-20)18-7-3-17(14-28)4-8-18;1-15(2)12-19-21(25-22(27)18-6-4-3-5-7-18)23-13-20(24-19)17-10-8-16(14-26)9-11-17/h3-6,9,11,32H,7-8,10H2,1-2H3,(H,29,31,33);3-8,10,12,14,29H,9,11,13H2,1-2H3,(H,26,28,30);3-10,13,15,28H,11-12,14H2,1-2H3,(H,25,27,29);3-11,13,15,26H,12,14H2,1-2H3,(H,23,25,27). The molecule has 4 aromatic heterocycles. The van der Waals surface area contributed by atoms with Gasteiger partial charge >= 0.3 is 0 Å². The van der Waals surface area contributed by atoms with Crippen molar-refractivity contribution in [1.82, 2.24) is 39.9 Å². The van der Waals surface area contributed by atoms with Gasteiger partial charge < -0.3 is 41.7 Å². The van der Waals surface area contributed by atoms with Crippen LogP contribution in [0.4, 0.5) is 54.0 Å². The number of anilines is 4. The normalized spacial score (nSPS) is 11.0. The van der Waals surface area contributed by atoms with E-state index in [4.69, 9.17) is 9.97 Å². The number of nitrogens with zero attached hydrogens (tertiary/aromatic N) is 8. The van der Waals surface area contributed by atoms with Gasteiger partial charge in [0, 0.05) is 37.0 Å². The zero-order valence-electron chi connectivity index (χ0n) is 66.6. The van der Waals surface area contributed by atoms with Gasteiger partial charge in [-0.2, -0.15) is 0 Å². The van der Waals surface area contributed by atoms with Gasteiger partial charge in [-0.05, 0) is 142 Å². The summed E-state index contributed by atoms with van der Waals surface area (Å²) in [5, 5.41) is 47.7. The molecule has 618 valence electrons. The van der Waals surface area contributed by atoms with E-state index < -0.39 is 58.6 Å². The number of nitrogens with one attached hydrogen (secondary N) is 4. The topological polar surface area (TPSA) is 300 Å². The molecule has 0 spiro atoms. The number of amides is 4. The summed E-state index contributed by atoms with van der Waals surface area (Å²) in [7, 11) is 0. The van der Waals surface area contributed by atoms with Crippen LogP contribution < -0.4 is 21.3 Å². The lowest BCUT2D eigenvalue weighted by Crippen LogP contribution is -2.20. The number of carbonyl (C=O) groups excluding carboxylic acids is 4. The molecule has 8 aromatic carbocycles. The second kappa shape index (κ2) is 44.0. The van der Waals surface area contributed by atoms with E-state index in [2.05, 4.69) is 101 Å². The van der Waals surface area contributed by atoms with Crippen LogP contribution in [0.1, 0.15) is 127 Å². The number of aliphatic hydroxyl groups is 4. The van der Waals surface area contributed by atoms with Crippen molar-refractivity contribution in [1.29, 1.82) is 0 Å². The van der Waals surface area contributed by atoms with Crippen molar-refractivity contribution in [3.63, 3.8) is 0 Å². The van der Waals surface area contributed by atoms with Crippen molar-refractivity contribution in [2.24, 2.45) is 23.7 Å². The van der Waals surface area contributed by atoms with Gasteiger partial charge in [0.05, 0.1) is 116 Å². The highest BCUT2D eigenvalue weighted by Gasteiger charge is 2.28. The molecule has 4 heterocycles. The van der Waals surface area contributed by atoms with Crippen molar-refractivity contribution >= 4 is 69.5 Å². The number of halogens is 8. The predicted octanol–water partition coefficient (Wildman–Crippen LogP) is 17.7. The molecule has 0 bridgehead atoms. The molecule has 12 aromatic rings. The van der Waals surface area contributed by atoms with Crippen LogP contribution in [0.25, 0.3) is 45.0 Å². The van der Waals surface area contributed by atoms with Crippen molar-refractivity contribution in [2.75, 3.05) is 21.3 Å². The van der Waals surface area contributed by atoms with E-state index in [0.29, 0.717) is 106 Å². The van der Waals surface area contributed by atoms with E-state index in [1.54, 1.807) is 55.0 Å². The Labute approximate surface area is 698 Å². The number of aliphatic hydroxyl groups excluding tert-OH is 4. The summed E-state index contributed by atoms with van der Waals surface area (Å²) in [6, 6.07) is 49.8. The highest BCUT2D eigenvalue weighted by Crippen LogP contribution is 2.30. The van der Waals surface area contributed by atoms with Crippen LogP contribution in [0, 0.1) is 68.0 Å². The second-order valence-electron chi connectivity index (χ2n) is 29.4. The monoisotopic (exact) mass is 1740 g/mol. The Kier molecular flexibility index (Phi) is 33.6. The Bertz CT molecular complexity index is 5420. The van der Waals surface area contributed by atoms with Crippen LogP contribution in [-0.4, -0.2) is 83.9 Å². The molecular formula is C91H90F7IN12O8. The molecule has 0 aliphatic heterocycles. The Balaban J connectivity index is 0.000000181. The zero-order chi connectivity index (χ0) is 86.0. The third-order valence-electron chi connectivity index (χ3n) is 17.8. The van der Waals surface area contributed by atoms with Crippen molar-refractivity contribution in [3.05, 3.63) is 306 Å². The summed E-state index contributed by atoms with van der Waals surface area (Å²) in [5.41, 5.74) is 12.5. The summed E-state index contributed by atoms with van der Waals surface area (Å²) < 4.78 is 95.4. The van der Waals surface area contributed by atoms with Crippen LogP contribution >= 0.6 is 22.6 Å². The van der Waals surface area contributed by atoms with Gasteiger partial charge in [-0.15, -0.1) is 0 Å². The maximum atomic E-state index is 13.9. The van der Waals surface area contributed by atoms with Gasteiger partial charge in [-0.3, -0.25) is 19.2 Å². The molecule has 8 N–H and O–H groups in total. The molecule has 28 heteroatoms. The predicted molar refractivity (Wildman–Crippen MR) is 451 cm³/mol. The van der Waals surface area contributed by atoms with E-state index in [0.717, 1.165) is 77.4 Å². The summed E-state index contributed by atoms with van der Waals surface area (Å²) in [6.45, 7) is 16.2. The first-order chi connectivity index (χ1) is 57.0. The first kappa shape index (κ1) is 90.9. The number of benzene rings is 8. The maximum absolute atomic E-state index is 13.9. The molecule has 119 heavy (non-hydrogen) atoms.